The van der Waals surface area contributed by atoms with Gasteiger partial charge in [-0.3, -0.25) is 9.48 Å². The van der Waals surface area contributed by atoms with E-state index < -0.39 is 0 Å². The number of aromatic nitrogens is 4. The van der Waals surface area contributed by atoms with Crippen molar-refractivity contribution in [3.8, 4) is 5.75 Å². The Hall–Kier alpha value is -3.09. The van der Waals surface area contributed by atoms with Crippen LogP contribution in [0.15, 0.2) is 54.9 Å². The molecule has 7 heteroatoms. The van der Waals surface area contributed by atoms with Crippen molar-refractivity contribution < 1.29 is 9.53 Å². The van der Waals surface area contributed by atoms with Crippen molar-refractivity contribution in [1.29, 1.82) is 0 Å². The van der Waals surface area contributed by atoms with E-state index in [2.05, 4.69) is 10.2 Å². The van der Waals surface area contributed by atoms with Crippen LogP contribution in [0.5, 0.6) is 5.75 Å². The average molecular weight is 339 g/mol. The first-order chi connectivity index (χ1) is 12.2. The highest BCUT2D eigenvalue weighted by Crippen LogP contribution is 2.10. The summed E-state index contributed by atoms with van der Waals surface area (Å²) in [6.45, 7) is 3.53. The SMILES string of the molecule is CCn1nccc1CN(C)C(=O)c1ccn(COc2ccccc2)n1. The molecule has 2 heterocycles. The van der Waals surface area contributed by atoms with Gasteiger partial charge in [0.05, 0.1) is 12.2 Å². The lowest BCUT2D eigenvalue weighted by atomic mass is 10.3. The molecule has 0 saturated heterocycles. The van der Waals surface area contributed by atoms with Crippen LogP contribution < -0.4 is 4.74 Å². The smallest absolute Gasteiger partial charge is 0.274 e. The highest BCUT2D eigenvalue weighted by Gasteiger charge is 2.16. The van der Waals surface area contributed by atoms with Crippen LogP contribution in [0.1, 0.15) is 23.1 Å². The van der Waals surface area contributed by atoms with E-state index in [9.17, 15) is 4.79 Å². The number of carbonyl (C=O) groups is 1. The number of carbonyl (C=O) groups excluding carboxylic acids is 1. The summed E-state index contributed by atoms with van der Waals surface area (Å²) in [5.74, 6) is 0.623. The summed E-state index contributed by atoms with van der Waals surface area (Å²) < 4.78 is 9.10. The van der Waals surface area contributed by atoms with Gasteiger partial charge in [-0.05, 0) is 31.2 Å². The third-order valence-corrected chi connectivity index (χ3v) is 3.82. The average Bonchev–Trinajstić information content (AvgIpc) is 3.29. The third-order valence-electron chi connectivity index (χ3n) is 3.82. The summed E-state index contributed by atoms with van der Waals surface area (Å²) in [5, 5.41) is 8.52. The lowest BCUT2D eigenvalue weighted by molar-refractivity contribution is 0.0773. The molecular formula is C18H21N5O2. The fourth-order valence-electron chi connectivity index (χ4n) is 2.49. The van der Waals surface area contributed by atoms with E-state index >= 15 is 0 Å². The van der Waals surface area contributed by atoms with Crippen molar-refractivity contribution in [2.75, 3.05) is 7.05 Å². The fraction of sp³-hybridized carbons (Fsp3) is 0.278. The monoisotopic (exact) mass is 339 g/mol. The van der Waals surface area contributed by atoms with Gasteiger partial charge in [0, 0.05) is 26.0 Å². The van der Waals surface area contributed by atoms with Crippen LogP contribution in [-0.4, -0.2) is 37.4 Å². The molecule has 0 atom stereocenters. The van der Waals surface area contributed by atoms with Gasteiger partial charge >= 0.3 is 0 Å². The number of ether oxygens (including phenoxy) is 1. The van der Waals surface area contributed by atoms with E-state index in [4.69, 9.17) is 4.74 Å². The van der Waals surface area contributed by atoms with E-state index in [0.29, 0.717) is 12.2 Å². The third kappa shape index (κ3) is 4.06. The van der Waals surface area contributed by atoms with Crippen LogP contribution >= 0.6 is 0 Å². The van der Waals surface area contributed by atoms with Crippen LogP contribution in [0.25, 0.3) is 0 Å². The van der Waals surface area contributed by atoms with Crippen LogP contribution in [0, 0.1) is 0 Å². The normalized spacial score (nSPS) is 10.6. The van der Waals surface area contributed by atoms with E-state index in [1.165, 1.54) is 0 Å². The Balaban J connectivity index is 1.60. The van der Waals surface area contributed by atoms with Crippen molar-refractivity contribution in [3.05, 3.63) is 66.2 Å². The second kappa shape index (κ2) is 7.65. The quantitative estimate of drug-likeness (QED) is 0.663. The van der Waals surface area contributed by atoms with Gasteiger partial charge < -0.3 is 9.64 Å². The maximum Gasteiger partial charge on any atom is 0.274 e. The molecule has 0 N–H and O–H groups in total. The number of amides is 1. The van der Waals surface area contributed by atoms with Gasteiger partial charge in [-0.25, -0.2) is 4.68 Å². The van der Waals surface area contributed by atoms with Gasteiger partial charge in [-0.2, -0.15) is 10.2 Å². The fourth-order valence-corrected chi connectivity index (χ4v) is 2.49. The number of nitrogens with zero attached hydrogens (tertiary/aromatic N) is 5. The second-order valence-corrected chi connectivity index (χ2v) is 5.63. The number of para-hydroxylation sites is 1. The molecule has 0 aliphatic carbocycles. The lowest BCUT2D eigenvalue weighted by Crippen LogP contribution is -2.28. The molecule has 0 fully saturated rings. The van der Waals surface area contributed by atoms with Crippen LogP contribution in [-0.2, 0) is 19.8 Å². The van der Waals surface area contributed by atoms with Gasteiger partial charge in [0.1, 0.15) is 5.75 Å². The Labute approximate surface area is 146 Å². The molecule has 130 valence electrons. The molecule has 1 aromatic carbocycles. The van der Waals surface area contributed by atoms with Gasteiger partial charge in [0.25, 0.3) is 5.91 Å². The number of aryl methyl sites for hydroxylation is 1. The molecule has 3 rings (SSSR count). The summed E-state index contributed by atoms with van der Waals surface area (Å²) in [5.41, 5.74) is 1.38. The lowest BCUT2D eigenvalue weighted by Gasteiger charge is -2.16. The molecule has 0 radical (unpaired) electrons. The maximum atomic E-state index is 12.5. The zero-order chi connectivity index (χ0) is 17.6. The first-order valence-electron chi connectivity index (χ1n) is 8.15. The first kappa shape index (κ1) is 16.8. The molecule has 0 aliphatic rings. The molecule has 0 spiro atoms. The minimum atomic E-state index is -0.137. The van der Waals surface area contributed by atoms with Gasteiger partial charge in [0.2, 0.25) is 0 Å². The molecule has 0 unspecified atom stereocenters. The van der Waals surface area contributed by atoms with Gasteiger partial charge in [-0.15, -0.1) is 0 Å². The topological polar surface area (TPSA) is 65.2 Å². The summed E-state index contributed by atoms with van der Waals surface area (Å²) in [6, 6.07) is 13.1. The van der Waals surface area contributed by atoms with Crippen LogP contribution in [0.3, 0.4) is 0 Å². The Bertz CT molecular complexity index is 825. The molecule has 7 nitrogen and oxygen atoms in total. The highest BCUT2D eigenvalue weighted by molar-refractivity contribution is 5.91. The molecule has 25 heavy (non-hydrogen) atoms. The molecule has 0 saturated carbocycles. The molecule has 3 aromatic rings. The summed E-state index contributed by atoms with van der Waals surface area (Å²) >= 11 is 0. The highest BCUT2D eigenvalue weighted by atomic mass is 16.5. The number of benzene rings is 1. The molecule has 2 aromatic heterocycles. The Kier molecular flexibility index (Phi) is 5.13. The van der Waals surface area contributed by atoms with E-state index in [1.54, 1.807) is 35.1 Å². The zero-order valence-electron chi connectivity index (χ0n) is 14.4. The van der Waals surface area contributed by atoms with E-state index in [0.717, 1.165) is 18.0 Å². The van der Waals surface area contributed by atoms with Crippen molar-refractivity contribution in [3.63, 3.8) is 0 Å². The van der Waals surface area contributed by atoms with Crippen LogP contribution in [0.2, 0.25) is 0 Å². The van der Waals surface area contributed by atoms with E-state index in [-0.39, 0.29) is 12.6 Å². The van der Waals surface area contributed by atoms with Gasteiger partial charge in [0.15, 0.2) is 12.4 Å². The second-order valence-electron chi connectivity index (χ2n) is 5.63. The Morgan fingerprint density at radius 2 is 2.00 bits per heavy atom. The molecule has 0 bridgehead atoms. The predicted octanol–water partition coefficient (Wildman–Crippen LogP) is 2.41. The number of rotatable bonds is 7. The van der Waals surface area contributed by atoms with Crippen molar-refractivity contribution >= 4 is 5.91 Å². The summed E-state index contributed by atoms with van der Waals surface area (Å²) in [4.78, 5) is 14.2. The maximum absolute atomic E-state index is 12.5. The minimum absolute atomic E-state index is 0.137. The van der Waals surface area contributed by atoms with Gasteiger partial charge in [-0.1, -0.05) is 18.2 Å². The largest absolute Gasteiger partial charge is 0.471 e. The Morgan fingerprint density at radius 1 is 1.20 bits per heavy atom. The molecular weight excluding hydrogens is 318 g/mol. The number of hydrogen-bond acceptors (Lipinski definition) is 4. The van der Waals surface area contributed by atoms with Crippen molar-refractivity contribution in [2.45, 2.75) is 26.7 Å². The Morgan fingerprint density at radius 3 is 2.76 bits per heavy atom. The standard InChI is InChI=1S/C18H21N5O2/c1-3-23-15(9-11-19-23)13-21(2)18(24)17-10-12-22(20-17)14-25-16-7-5-4-6-8-16/h4-12H,3,13-14H2,1-2H3. The number of hydrogen-bond donors (Lipinski definition) is 0. The van der Waals surface area contributed by atoms with Crippen molar-refractivity contribution in [1.82, 2.24) is 24.5 Å². The van der Waals surface area contributed by atoms with Crippen LogP contribution in [0.4, 0.5) is 0 Å². The first-order valence-corrected chi connectivity index (χ1v) is 8.15. The zero-order valence-corrected chi connectivity index (χ0v) is 14.4. The van der Waals surface area contributed by atoms with Crippen molar-refractivity contribution in [2.24, 2.45) is 0 Å². The van der Waals surface area contributed by atoms with E-state index in [1.807, 2.05) is 48.0 Å². The summed E-state index contributed by atoms with van der Waals surface area (Å²) in [6.07, 6.45) is 3.48. The minimum Gasteiger partial charge on any atom is -0.471 e. The predicted molar refractivity (Wildman–Crippen MR) is 93.0 cm³/mol. The molecule has 0 aliphatic heterocycles. The molecule has 1 amide bonds. The summed E-state index contributed by atoms with van der Waals surface area (Å²) in [7, 11) is 1.76.